The molecule has 130 valence electrons. The molecule has 0 aromatic heterocycles. The maximum absolute atomic E-state index is 13.0. The van der Waals surface area contributed by atoms with Crippen molar-refractivity contribution < 1.29 is 18.7 Å². The van der Waals surface area contributed by atoms with Gasteiger partial charge in [0, 0.05) is 10.5 Å². The van der Waals surface area contributed by atoms with E-state index in [-0.39, 0.29) is 0 Å². The molecule has 25 heavy (non-hydrogen) atoms. The number of nitrogens with one attached hydrogen (secondary N) is 2. The molecule has 7 heteroatoms. The Labute approximate surface area is 153 Å². The number of benzene rings is 2. The average Bonchev–Trinajstić information content (AvgIpc) is 2.58. The Morgan fingerprint density at radius 3 is 2.64 bits per heavy atom. The molecule has 0 radical (unpaired) electrons. The second-order valence-electron chi connectivity index (χ2n) is 5.08. The van der Waals surface area contributed by atoms with Crippen LogP contribution in [0.3, 0.4) is 0 Å². The van der Waals surface area contributed by atoms with E-state index < -0.39 is 23.7 Å². The van der Waals surface area contributed by atoms with E-state index in [0.717, 1.165) is 4.47 Å². The molecule has 0 aliphatic heterocycles. The van der Waals surface area contributed by atoms with Crippen LogP contribution in [0.2, 0.25) is 0 Å². The van der Waals surface area contributed by atoms with Gasteiger partial charge in [-0.15, -0.1) is 0 Å². The molecule has 2 aromatic rings. The van der Waals surface area contributed by atoms with E-state index >= 15 is 0 Å². The zero-order valence-electron chi connectivity index (χ0n) is 13.3. The van der Waals surface area contributed by atoms with Crippen LogP contribution in [-0.4, -0.2) is 17.9 Å². The molecule has 0 bridgehead atoms. The summed E-state index contributed by atoms with van der Waals surface area (Å²) >= 11 is 3.31. The van der Waals surface area contributed by atoms with Gasteiger partial charge in [0.15, 0.2) is 6.10 Å². The molecule has 2 aromatic carbocycles. The highest BCUT2D eigenvalue weighted by Crippen LogP contribution is 2.18. The van der Waals surface area contributed by atoms with Gasteiger partial charge in [-0.3, -0.25) is 20.4 Å². The summed E-state index contributed by atoms with van der Waals surface area (Å²) in [5, 5.41) is 0. The van der Waals surface area contributed by atoms with Crippen molar-refractivity contribution in [1.29, 1.82) is 0 Å². The van der Waals surface area contributed by atoms with Crippen molar-refractivity contribution in [1.82, 2.24) is 10.9 Å². The quantitative estimate of drug-likeness (QED) is 0.591. The number of hydrogen-bond donors (Lipinski definition) is 2. The van der Waals surface area contributed by atoms with Gasteiger partial charge in [0.2, 0.25) is 0 Å². The van der Waals surface area contributed by atoms with Gasteiger partial charge in [-0.1, -0.05) is 34.1 Å². The summed E-state index contributed by atoms with van der Waals surface area (Å²) in [5.74, 6) is -0.927. The second kappa shape index (κ2) is 8.98. The molecule has 0 heterocycles. The van der Waals surface area contributed by atoms with E-state index in [1.807, 2.05) is 6.07 Å². The summed E-state index contributed by atoms with van der Waals surface area (Å²) in [6, 6.07) is 12.8. The number of rotatable bonds is 5. The van der Waals surface area contributed by atoms with E-state index in [2.05, 4.69) is 26.8 Å². The number of carbonyl (C=O) groups is 2. The number of amides is 2. The summed E-state index contributed by atoms with van der Waals surface area (Å²) < 4.78 is 19.3. The van der Waals surface area contributed by atoms with Gasteiger partial charge in [0.25, 0.3) is 11.8 Å². The average molecular weight is 407 g/mol. The van der Waals surface area contributed by atoms with E-state index in [0.29, 0.717) is 11.3 Å². The summed E-state index contributed by atoms with van der Waals surface area (Å²) in [6.45, 7) is 1.56. The van der Waals surface area contributed by atoms with Gasteiger partial charge in [-0.2, -0.15) is 0 Å². The molecule has 0 fully saturated rings. The maximum atomic E-state index is 13.0. The van der Waals surface area contributed by atoms with Gasteiger partial charge in [0.1, 0.15) is 11.6 Å². The van der Waals surface area contributed by atoms with Gasteiger partial charge in [0.05, 0.1) is 0 Å². The number of halogens is 2. The molecular weight excluding hydrogens is 391 g/mol. The van der Waals surface area contributed by atoms with E-state index in [9.17, 15) is 14.0 Å². The summed E-state index contributed by atoms with van der Waals surface area (Å²) in [7, 11) is 0. The maximum Gasteiger partial charge on any atom is 0.279 e. The number of hydrazine groups is 1. The normalized spacial score (nSPS) is 11.8. The van der Waals surface area contributed by atoms with Crippen molar-refractivity contribution in [3.63, 3.8) is 0 Å². The molecule has 0 aliphatic carbocycles. The van der Waals surface area contributed by atoms with Crippen molar-refractivity contribution in [2.45, 2.75) is 13.0 Å². The highest BCUT2D eigenvalue weighted by molar-refractivity contribution is 9.10. The predicted octanol–water partition coefficient (Wildman–Crippen LogP) is 3.22. The van der Waals surface area contributed by atoms with E-state index in [1.165, 1.54) is 30.4 Å². The third-order valence-corrected chi connectivity index (χ3v) is 3.56. The molecule has 2 amide bonds. The minimum atomic E-state index is -0.804. The Bertz CT molecular complexity index is 795. The smallest absolute Gasteiger partial charge is 0.279 e. The lowest BCUT2D eigenvalue weighted by Crippen LogP contribution is -2.46. The SMILES string of the molecule is C[C@H](Oc1cccc(Br)c1)C(=O)NNC(=O)/C=C/c1cccc(F)c1. The monoisotopic (exact) mass is 406 g/mol. The summed E-state index contributed by atoms with van der Waals surface area (Å²) in [4.78, 5) is 23.6. The molecule has 2 rings (SSSR count). The minimum Gasteiger partial charge on any atom is -0.481 e. The van der Waals surface area contributed by atoms with Gasteiger partial charge in [-0.05, 0) is 48.9 Å². The van der Waals surface area contributed by atoms with E-state index in [4.69, 9.17) is 4.74 Å². The molecule has 0 spiro atoms. The molecule has 0 saturated carbocycles. The summed E-state index contributed by atoms with van der Waals surface area (Å²) in [6.07, 6.45) is 1.82. The van der Waals surface area contributed by atoms with Gasteiger partial charge >= 0.3 is 0 Å². The van der Waals surface area contributed by atoms with Crippen LogP contribution in [0.15, 0.2) is 59.1 Å². The topological polar surface area (TPSA) is 67.4 Å². The van der Waals surface area contributed by atoms with Crippen LogP contribution in [0, 0.1) is 5.82 Å². The standard InChI is InChI=1S/C18H16BrFN2O3/c1-12(25-16-7-3-5-14(19)11-16)18(24)22-21-17(23)9-8-13-4-2-6-15(20)10-13/h2-12H,1H3,(H,21,23)(H,22,24)/b9-8+/t12-/m0/s1. The fourth-order valence-electron chi connectivity index (χ4n) is 1.85. The molecule has 2 N–H and O–H groups in total. The van der Waals surface area contributed by atoms with Crippen LogP contribution in [-0.2, 0) is 9.59 Å². The third-order valence-electron chi connectivity index (χ3n) is 3.06. The van der Waals surface area contributed by atoms with Crippen LogP contribution < -0.4 is 15.6 Å². The van der Waals surface area contributed by atoms with Crippen molar-refractivity contribution in [2.24, 2.45) is 0 Å². The molecule has 0 aliphatic rings. The van der Waals surface area contributed by atoms with Crippen molar-refractivity contribution >= 4 is 33.8 Å². The molecule has 5 nitrogen and oxygen atoms in total. The Morgan fingerprint density at radius 2 is 1.92 bits per heavy atom. The first-order chi connectivity index (χ1) is 11.9. The Morgan fingerprint density at radius 1 is 1.16 bits per heavy atom. The van der Waals surface area contributed by atoms with Crippen molar-refractivity contribution in [3.05, 3.63) is 70.5 Å². The zero-order valence-corrected chi connectivity index (χ0v) is 14.9. The van der Waals surface area contributed by atoms with Gasteiger partial charge in [-0.25, -0.2) is 4.39 Å². The first-order valence-corrected chi connectivity index (χ1v) is 8.19. The highest BCUT2D eigenvalue weighted by atomic mass is 79.9. The van der Waals surface area contributed by atoms with Crippen LogP contribution in [0.4, 0.5) is 4.39 Å². The highest BCUT2D eigenvalue weighted by Gasteiger charge is 2.15. The van der Waals surface area contributed by atoms with Gasteiger partial charge < -0.3 is 4.74 Å². The number of ether oxygens (including phenoxy) is 1. The Balaban J connectivity index is 1.81. The lowest BCUT2D eigenvalue weighted by Gasteiger charge is -2.14. The van der Waals surface area contributed by atoms with E-state index in [1.54, 1.807) is 31.2 Å². The lowest BCUT2D eigenvalue weighted by atomic mass is 10.2. The first kappa shape index (κ1) is 18.7. The van der Waals surface area contributed by atoms with Crippen LogP contribution in [0.25, 0.3) is 6.08 Å². The minimum absolute atomic E-state index is 0.394. The van der Waals surface area contributed by atoms with Crippen LogP contribution >= 0.6 is 15.9 Å². The first-order valence-electron chi connectivity index (χ1n) is 7.40. The van der Waals surface area contributed by atoms with Crippen LogP contribution in [0.5, 0.6) is 5.75 Å². The second-order valence-corrected chi connectivity index (χ2v) is 6.00. The Hall–Kier alpha value is -2.67. The number of hydrogen-bond acceptors (Lipinski definition) is 3. The molecule has 1 atom stereocenters. The fourth-order valence-corrected chi connectivity index (χ4v) is 2.22. The molecule has 0 saturated heterocycles. The molecular formula is C18H16BrFN2O3. The third kappa shape index (κ3) is 6.39. The summed E-state index contributed by atoms with van der Waals surface area (Å²) in [5.41, 5.74) is 5.04. The predicted molar refractivity (Wildman–Crippen MR) is 96.0 cm³/mol. The zero-order chi connectivity index (χ0) is 18.2. The largest absolute Gasteiger partial charge is 0.481 e. The number of carbonyl (C=O) groups excluding carboxylic acids is 2. The van der Waals surface area contributed by atoms with Crippen molar-refractivity contribution in [3.8, 4) is 5.75 Å². The van der Waals surface area contributed by atoms with Crippen molar-refractivity contribution in [2.75, 3.05) is 0 Å². The van der Waals surface area contributed by atoms with Crippen LogP contribution in [0.1, 0.15) is 12.5 Å². The lowest BCUT2D eigenvalue weighted by molar-refractivity contribution is -0.131. The Kier molecular flexibility index (Phi) is 6.71. The fraction of sp³-hybridized carbons (Fsp3) is 0.111. The molecule has 0 unspecified atom stereocenters.